The number of amides is 1. The average molecular weight is 293 g/mol. The van der Waals surface area contributed by atoms with Gasteiger partial charge in [-0.2, -0.15) is 25.8 Å². The Bertz CT molecular complexity index is 503. The van der Waals surface area contributed by atoms with E-state index in [0.29, 0.717) is 0 Å². The average Bonchev–Trinajstić information content (AvgIpc) is 2.59. The molecule has 1 aliphatic rings. The predicted octanol–water partition coefficient (Wildman–Crippen LogP) is 2.88. The largest absolute Gasteiger partial charge is 0.416 e. The van der Waals surface area contributed by atoms with Crippen molar-refractivity contribution in [3.05, 3.63) is 35.1 Å². The molecule has 0 spiro atoms. The van der Waals surface area contributed by atoms with E-state index < -0.39 is 23.1 Å². The van der Waals surface area contributed by atoms with Gasteiger partial charge >= 0.3 is 6.18 Å². The molecule has 0 aromatic heterocycles. The number of thiol groups is 1. The lowest BCUT2D eigenvalue weighted by Gasteiger charge is -2.20. The highest BCUT2D eigenvalue weighted by Gasteiger charge is 2.36. The molecule has 19 heavy (non-hydrogen) atoms. The Kier molecular flexibility index (Phi) is 3.75. The van der Waals surface area contributed by atoms with Crippen LogP contribution in [0.3, 0.4) is 0 Å². The van der Waals surface area contributed by atoms with E-state index in [1.54, 1.807) is 0 Å². The Morgan fingerprint density at radius 1 is 1.37 bits per heavy atom. The molecule has 1 unspecified atom stereocenters. The molecule has 0 N–H and O–H groups in total. The van der Waals surface area contributed by atoms with E-state index in [1.807, 2.05) is 0 Å². The van der Waals surface area contributed by atoms with Crippen molar-refractivity contribution < 1.29 is 22.4 Å². The maximum Gasteiger partial charge on any atom is 0.416 e. The number of benzene rings is 1. The fourth-order valence-corrected chi connectivity index (χ4v) is 2.43. The van der Waals surface area contributed by atoms with E-state index in [9.17, 15) is 22.4 Å². The number of halogens is 4. The maximum atomic E-state index is 13.6. The van der Waals surface area contributed by atoms with Crippen LogP contribution in [0.15, 0.2) is 18.2 Å². The standard InChI is InChI=1S/C12H11F4NOS/c13-10-3-1-2-9(12(14,15)16)8(10)6-17-5-7(19)4-11(17)18/h1-3,7,19H,4-6H2. The Labute approximate surface area is 112 Å². The van der Waals surface area contributed by atoms with Gasteiger partial charge in [0, 0.05) is 30.3 Å². The number of likely N-dealkylation sites (tertiary alicyclic amines) is 1. The summed E-state index contributed by atoms with van der Waals surface area (Å²) in [6, 6.07) is 2.79. The lowest BCUT2D eigenvalue weighted by atomic mass is 10.1. The van der Waals surface area contributed by atoms with E-state index >= 15 is 0 Å². The van der Waals surface area contributed by atoms with Gasteiger partial charge in [-0.1, -0.05) is 6.07 Å². The second kappa shape index (κ2) is 5.03. The van der Waals surface area contributed by atoms with E-state index in [0.717, 1.165) is 18.2 Å². The molecule has 1 aromatic carbocycles. The van der Waals surface area contributed by atoms with Crippen LogP contribution in [0.5, 0.6) is 0 Å². The van der Waals surface area contributed by atoms with E-state index in [4.69, 9.17) is 0 Å². The van der Waals surface area contributed by atoms with Crippen LogP contribution in [0.4, 0.5) is 17.6 Å². The molecule has 1 aromatic rings. The first kappa shape index (κ1) is 14.2. The summed E-state index contributed by atoms with van der Waals surface area (Å²) in [5, 5.41) is -0.214. The minimum absolute atomic E-state index is 0.166. The molecule has 2 nitrogen and oxygen atoms in total. The summed E-state index contributed by atoms with van der Waals surface area (Å²) in [5.74, 6) is -1.26. The fraction of sp³-hybridized carbons (Fsp3) is 0.417. The molecule has 0 aliphatic carbocycles. The number of carbonyl (C=O) groups excluding carboxylic acids is 1. The molecule has 0 saturated carbocycles. The highest BCUT2D eigenvalue weighted by molar-refractivity contribution is 7.81. The van der Waals surface area contributed by atoms with Crippen LogP contribution in [0.25, 0.3) is 0 Å². The Balaban J connectivity index is 2.32. The summed E-state index contributed by atoms with van der Waals surface area (Å²) >= 11 is 4.11. The van der Waals surface area contributed by atoms with Gasteiger partial charge < -0.3 is 4.90 Å². The van der Waals surface area contributed by atoms with Gasteiger partial charge in [-0.15, -0.1) is 0 Å². The van der Waals surface area contributed by atoms with Crippen LogP contribution in [0, 0.1) is 5.82 Å². The maximum absolute atomic E-state index is 13.6. The van der Waals surface area contributed by atoms with Crippen molar-refractivity contribution in [1.82, 2.24) is 4.90 Å². The van der Waals surface area contributed by atoms with Gasteiger partial charge in [0.15, 0.2) is 0 Å². The van der Waals surface area contributed by atoms with Crippen LogP contribution >= 0.6 is 12.6 Å². The van der Waals surface area contributed by atoms with Crippen LogP contribution in [0.2, 0.25) is 0 Å². The SMILES string of the molecule is O=C1CC(S)CN1Cc1c(F)cccc1C(F)(F)F. The van der Waals surface area contributed by atoms with Crippen LogP contribution in [-0.2, 0) is 17.5 Å². The molecule has 0 bridgehead atoms. The quantitative estimate of drug-likeness (QED) is 0.657. The molecule has 1 aliphatic heterocycles. The van der Waals surface area contributed by atoms with Crippen LogP contribution < -0.4 is 0 Å². The molecular formula is C12H11F4NOS. The van der Waals surface area contributed by atoms with Gasteiger partial charge in [0.2, 0.25) is 5.91 Å². The summed E-state index contributed by atoms with van der Waals surface area (Å²) in [6.45, 7) is -0.148. The van der Waals surface area contributed by atoms with Crippen LogP contribution in [0.1, 0.15) is 17.5 Å². The second-order valence-electron chi connectivity index (χ2n) is 4.40. The highest BCUT2D eigenvalue weighted by Crippen LogP contribution is 2.34. The summed E-state index contributed by atoms with van der Waals surface area (Å²) < 4.78 is 52.0. The van der Waals surface area contributed by atoms with Crippen molar-refractivity contribution in [2.45, 2.75) is 24.4 Å². The molecule has 1 saturated heterocycles. The minimum Gasteiger partial charge on any atom is -0.337 e. The lowest BCUT2D eigenvalue weighted by molar-refractivity contribution is -0.139. The molecule has 1 heterocycles. The predicted molar refractivity (Wildman–Crippen MR) is 64.2 cm³/mol. The van der Waals surface area contributed by atoms with E-state index in [1.165, 1.54) is 4.90 Å². The third-order valence-electron chi connectivity index (χ3n) is 2.97. The van der Waals surface area contributed by atoms with Crippen molar-refractivity contribution in [3.63, 3.8) is 0 Å². The first-order chi connectivity index (χ1) is 8.79. The first-order valence-electron chi connectivity index (χ1n) is 5.59. The summed E-state index contributed by atoms with van der Waals surface area (Å²) in [7, 11) is 0. The van der Waals surface area contributed by atoms with E-state index in [-0.39, 0.29) is 30.7 Å². The molecule has 0 radical (unpaired) electrons. The molecule has 1 fully saturated rings. The molecule has 104 valence electrons. The minimum atomic E-state index is -4.64. The Hall–Kier alpha value is -1.24. The monoisotopic (exact) mass is 293 g/mol. The normalized spacial score (nSPS) is 20.2. The number of hydrogen-bond acceptors (Lipinski definition) is 2. The van der Waals surface area contributed by atoms with Gasteiger partial charge in [-0.3, -0.25) is 4.79 Å². The number of rotatable bonds is 2. The third kappa shape index (κ3) is 3.02. The first-order valence-corrected chi connectivity index (χ1v) is 6.11. The highest BCUT2D eigenvalue weighted by atomic mass is 32.1. The molecular weight excluding hydrogens is 282 g/mol. The van der Waals surface area contributed by atoms with Crippen molar-refractivity contribution in [1.29, 1.82) is 0 Å². The summed E-state index contributed by atoms with van der Waals surface area (Å²) in [6.07, 6.45) is -4.47. The number of nitrogens with zero attached hydrogens (tertiary/aromatic N) is 1. The molecule has 1 amide bonds. The topological polar surface area (TPSA) is 20.3 Å². The van der Waals surface area contributed by atoms with Gasteiger partial charge in [0.1, 0.15) is 5.82 Å². The zero-order chi connectivity index (χ0) is 14.2. The van der Waals surface area contributed by atoms with Gasteiger partial charge in [0.25, 0.3) is 0 Å². The molecule has 2 rings (SSSR count). The fourth-order valence-electron chi connectivity index (χ4n) is 2.08. The van der Waals surface area contributed by atoms with Crippen molar-refractivity contribution in [3.8, 4) is 0 Å². The number of carbonyl (C=O) groups is 1. The third-order valence-corrected chi connectivity index (χ3v) is 3.31. The van der Waals surface area contributed by atoms with E-state index in [2.05, 4.69) is 12.6 Å². The Morgan fingerprint density at radius 2 is 2.05 bits per heavy atom. The van der Waals surface area contributed by atoms with Crippen molar-refractivity contribution >= 4 is 18.5 Å². The Morgan fingerprint density at radius 3 is 2.58 bits per heavy atom. The van der Waals surface area contributed by atoms with Crippen molar-refractivity contribution in [2.24, 2.45) is 0 Å². The van der Waals surface area contributed by atoms with Crippen molar-refractivity contribution in [2.75, 3.05) is 6.54 Å². The zero-order valence-electron chi connectivity index (χ0n) is 9.75. The molecule has 7 heteroatoms. The van der Waals surface area contributed by atoms with Crippen LogP contribution in [-0.4, -0.2) is 22.6 Å². The summed E-state index contributed by atoms with van der Waals surface area (Å²) in [4.78, 5) is 12.7. The van der Waals surface area contributed by atoms with Gasteiger partial charge in [-0.05, 0) is 12.1 Å². The van der Waals surface area contributed by atoms with Gasteiger partial charge in [0.05, 0.1) is 5.56 Å². The number of hydrogen-bond donors (Lipinski definition) is 1. The molecule has 1 atom stereocenters. The smallest absolute Gasteiger partial charge is 0.337 e. The second-order valence-corrected chi connectivity index (χ2v) is 5.13. The summed E-state index contributed by atoms with van der Waals surface area (Å²) in [5.41, 5.74) is -1.53. The zero-order valence-corrected chi connectivity index (χ0v) is 10.6. The number of alkyl halides is 3. The lowest BCUT2D eigenvalue weighted by Crippen LogP contribution is -2.27. The van der Waals surface area contributed by atoms with Gasteiger partial charge in [-0.25, -0.2) is 4.39 Å².